The molecular weight excluding hydrogens is 496 g/mol. The van der Waals surface area contributed by atoms with Crippen LogP contribution in [0.3, 0.4) is 0 Å². The van der Waals surface area contributed by atoms with Crippen molar-refractivity contribution < 1.29 is 22.6 Å². The van der Waals surface area contributed by atoms with E-state index < -0.39 is 15.6 Å². The van der Waals surface area contributed by atoms with Crippen LogP contribution >= 0.6 is 0 Å². The zero-order valence-electron chi connectivity index (χ0n) is 21.5. The maximum atomic E-state index is 13.5. The Balaban J connectivity index is 1.93. The molecule has 1 N–H and O–H groups in total. The van der Waals surface area contributed by atoms with Crippen LogP contribution in [-0.4, -0.2) is 81.6 Å². The maximum absolute atomic E-state index is 13.5. The van der Waals surface area contributed by atoms with Crippen LogP contribution in [0.25, 0.3) is 28.4 Å². The van der Waals surface area contributed by atoms with Crippen molar-refractivity contribution in [3.8, 4) is 28.6 Å². The molecule has 1 saturated heterocycles. The highest BCUT2D eigenvalue weighted by molar-refractivity contribution is 7.89. The number of aromatic nitrogens is 2. The van der Waals surface area contributed by atoms with Crippen molar-refractivity contribution >= 4 is 27.0 Å². The van der Waals surface area contributed by atoms with Gasteiger partial charge in [-0.05, 0) is 31.7 Å². The quantitative estimate of drug-likeness (QED) is 0.451. The summed E-state index contributed by atoms with van der Waals surface area (Å²) in [6, 6.07) is 6.25. The number of nitrogens with zero attached hydrogens (tertiary/aromatic N) is 3. The minimum absolute atomic E-state index is 0.103. The lowest BCUT2D eigenvalue weighted by Gasteiger charge is -2.31. The van der Waals surface area contributed by atoms with Gasteiger partial charge in [0, 0.05) is 37.8 Å². The van der Waals surface area contributed by atoms with E-state index in [9.17, 15) is 13.2 Å². The Morgan fingerprint density at radius 2 is 1.78 bits per heavy atom. The first-order chi connectivity index (χ1) is 17.7. The van der Waals surface area contributed by atoms with Crippen LogP contribution in [0, 0.1) is 0 Å². The predicted octanol–water partition coefficient (Wildman–Crippen LogP) is 2.98. The van der Waals surface area contributed by atoms with E-state index in [1.807, 2.05) is 14.0 Å². The van der Waals surface area contributed by atoms with E-state index in [1.54, 1.807) is 18.2 Å². The predicted molar refractivity (Wildman–Crippen MR) is 143 cm³/mol. The Kier molecular flexibility index (Phi) is 7.86. The SMILES string of the molecule is C=Cc1c(OC)cc(OC)c2c(=O)[nH]c(-c3cc(S(=O)(=O)N4CCN(C)CC4)ccc3OCCC)nc12. The summed E-state index contributed by atoms with van der Waals surface area (Å²) < 4.78 is 45.2. The number of sulfonamides is 1. The van der Waals surface area contributed by atoms with E-state index >= 15 is 0 Å². The van der Waals surface area contributed by atoms with Gasteiger partial charge in [-0.3, -0.25) is 4.79 Å². The Morgan fingerprint density at radius 3 is 2.41 bits per heavy atom. The van der Waals surface area contributed by atoms with E-state index in [-0.39, 0.29) is 16.1 Å². The Bertz CT molecular complexity index is 1480. The molecule has 0 radical (unpaired) electrons. The Hall–Kier alpha value is -3.41. The Labute approximate surface area is 216 Å². The monoisotopic (exact) mass is 528 g/mol. The molecule has 1 aromatic heterocycles. The first-order valence-corrected chi connectivity index (χ1v) is 13.5. The lowest BCUT2D eigenvalue weighted by Crippen LogP contribution is -2.47. The van der Waals surface area contributed by atoms with Crippen LogP contribution in [-0.2, 0) is 10.0 Å². The van der Waals surface area contributed by atoms with Crippen LogP contribution in [0.1, 0.15) is 18.9 Å². The zero-order valence-corrected chi connectivity index (χ0v) is 22.4. The third kappa shape index (κ3) is 5.07. The number of rotatable bonds is 9. The summed E-state index contributed by atoms with van der Waals surface area (Å²) in [5, 5.41) is 0.235. The van der Waals surface area contributed by atoms with Gasteiger partial charge < -0.3 is 24.1 Å². The average Bonchev–Trinajstić information content (AvgIpc) is 2.90. The first-order valence-electron chi connectivity index (χ1n) is 12.0. The van der Waals surface area contributed by atoms with Crippen LogP contribution in [0.2, 0.25) is 0 Å². The molecule has 37 heavy (non-hydrogen) atoms. The first kappa shape index (κ1) is 26.6. The highest BCUT2D eigenvalue weighted by Crippen LogP contribution is 2.36. The normalized spacial score (nSPS) is 15.0. The summed E-state index contributed by atoms with van der Waals surface area (Å²) in [5.74, 6) is 1.32. The van der Waals surface area contributed by atoms with Crippen LogP contribution in [0.4, 0.5) is 0 Å². The number of likely N-dealkylation sites (N-methyl/N-ethyl adjacent to an activating group) is 1. The van der Waals surface area contributed by atoms with Crippen molar-refractivity contribution in [3.05, 3.63) is 46.8 Å². The molecule has 0 saturated carbocycles. The molecule has 2 aromatic carbocycles. The van der Waals surface area contributed by atoms with Crippen molar-refractivity contribution in [2.75, 3.05) is 54.1 Å². The van der Waals surface area contributed by atoms with E-state index in [2.05, 4.69) is 16.5 Å². The van der Waals surface area contributed by atoms with Gasteiger partial charge in [0.1, 0.15) is 28.5 Å². The number of hydrogen-bond donors (Lipinski definition) is 1. The molecule has 0 unspecified atom stereocenters. The molecule has 198 valence electrons. The van der Waals surface area contributed by atoms with Gasteiger partial charge in [0.25, 0.3) is 5.56 Å². The van der Waals surface area contributed by atoms with Gasteiger partial charge in [0.15, 0.2) is 0 Å². The number of fused-ring (bicyclic) bond motifs is 1. The van der Waals surface area contributed by atoms with Gasteiger partial charge in [0.05, 0.1) is 36.8 Å². The van der Waals surface area contributed by atoms with Crippen molar-refractivity contribution in [2.24, 2.45) is 0 Å². The van der Waals surface area contributed by atoms with E-state index in [4.69, 9.17) is 19.2 Å². The lowest BCUT2D eigenvalue weighted by molar-refractivity contribution is 0.222. The molecule has 0 spiro atoms. The van der Waals surface area contributed by atoms with Gasteiger partial charge in [0.2, 0.25) is 10.0 Å². The maximum Gasteiger partial charge on any atom is 0.262 e. The number of benzene rings is 2. The molecule has 0 atom stereocenters. The molecule has 10 nitrogen and oxygen atoms in total. The van der Waals surface area contributed by atoms with Crippen molar-refractivity contribution in [2.45, 2.75) is 18.2 Å². The Morgan fingerprint density at radius 1 is 1.08 bits per heavy atom. The third-order valence-electron chi connectivity index (χ3n) is 6.36. The van der Waals surface area contributed by atoms with E-state index in [0.717, 1.165) is 6.42 Å². The topological polar surface area (TPSA) is 114 Å². The van der Waals surface area contributed by atoms with Gasteiger partial charge in [-0.2, -0.15) is 4.31 Å². The third-order valence-corrected chi connectivity index (χ3v) is 8.26. The van der Waals surface area contributed by atoms with Gasteiger partial charge >= 0.3 is 0 Å². The zero-order chi connectivity index (χ0) is 26.7. The minimum Gasteiger partial charge on any atom is -0.496 e. The van der Waals surface area contributed by atoms with Crippen LogP contribution < -0.4 is 19.8 Å². The molecular formula is C26H32N4O6S. The molecule has 0 aliphatic carbocycles. The highest BCUT2D eigenvalue weighted by atomic mass is 32.2. The van der Waals surface area contributed by atoms with Gasteiger partial charge in [-0.15, -0.1) is 0 Å². The summed E-state index contributed by atoms with van der Waals surface area (Å²) >= 11 is 0. The number of aromatic amines is 1. The van der Waals surface area contributed by atoms with Crippen LogP contribution in [0.15, 0.2) is 40.5 Å². The molecule has 0 bridgehead atoms. The number of piperazine rings is 1. The number of methoxy groups -OCH3 is 2. The minimum atomic E-state index is -3.76. The second kappa shape index (κ2) is 10.9. The number of hydrogen-bond acceptors (Lipinski definition) is 8. The fourth-order valence-corrected chi connectivity index (χ4v) is 5.76. The largest absolute Gasteiger partial charge is 0.496 e. The standard InChI is InChI=1S/C26H32N4O6S/c1-6-14-36-20-9-8-17(37(32,33)30-12-10-29(3)11-13-30)15-19(20)25-27-24-18(7-2)21(34-4)16-22(35-5)23(24)26(31)28-25/h7-9,15-16H,2,6,10-14H2,1,3-5H3,(H,27,28,31). The summed E-state index contributed by atoms with van der Waals surface area (Å²) in [6.45, 7) is 8.33. The fraction of sp³-hybridized carbons (Fsp3) is 0.385. The number of ether oxygens (including phenoxy) is 3. The molecule has 1 aliphatic rings. The van der Waals surface area contributed by atoms with Crippen molar-refractivity contribution in [3.63, 3.8) is 0 Å². The second-order valence-corrected chi connectivity index (χ2v) is 10.7. The van der Waals surface area contributed by atoms with E-state index in [1.165, 1.54) is 30.7 Å². The number of nitrogens with one attached hydrogen (secondary N) is 1. The molecule has 1 aliphatic heterocycles. The van der Waals surface area contributed by atoms with Gasteiger partial charge in [-0.25, -0.2) is 13.4 Å². The molecule has 2 heterocycles. The summed E-state index contributed by atoms with van der Waals surface area (Å²) in [5.41, 5.74) is 0.748. The van der Waals surface area contributed by atoms with Crippen LogP contribution in [0.5, 0.6) is 17.2 Å². The fourth-order valence-electron chi connectivity index (χ4n) is 4.31. The lowest BCUT2D eigenvalue weighted by atomic mass is 10.1. The van der Waals surface area contributed by atoms with E-state index in [0.29, 0.717) is 66.7 Å². The van der Waals surface area contributed by atoms with Crippen molar-refractivity contribution in [1.29, 1.82) is 0 Å². The smallest absolute Gasteiger partial charge is 0.262 e. The molecule has 0 amide bonds. The molecule has 4 rings (SSSR count). The van der Waals surface area contributed by atoms with Crippen molar-refractivity contribution in [1.82, 2.24) is 19.2 Å². The van der Waals surface area contributed by atoms with Gasteiger partial charge in [-0.1, -0.05) is 19.6 Å². The highest BCUT2D eigenvalue weighted by Gasteiger charge is 2.29. The second-order valence-electron chi connectivity index (χ2n) is 8.75. The summed E-state index contributed by atoms with van der Waals surface area (Å²) in [4.78, 5) is 23.0. The number of H-pyrrole nitrogens is 1. The summed E-state index contributed by atoms with van der Waals surface area (Å²) in [7, 11) is 1.16. The molecule has 1 fully saturated rings. The molecule has 3 aromatic rings. The average molecular weight is 529 g/mol. The molecule has 11 heteroatoms. The summed E-state index contributed by atoms with van der Waals surface area (Å²) in [6.07, 6.45) is 2.30.